The molecule has 0 bridgehead atoms. The van der Waals surface area contributed by atoms with Gasteiger partial charge in [0, 0.05) is 38.8 Å². The summed E-state index contributed by atoms with van der Waals surface area (Å²) >= 11 is 0. The Hall–Kier alpha value is -5.95. The van der Waals surface area contributed by atoms with Gasteiger partial charge in [0.1, 0.15) is 0 Å². The lowest BCUT2D eigenvalue weighted by Gasteiger charge is -2.22. The molecule has 4 heteroatoms. The van der Waals surface area contributed by atoms with Crippen molar-refractivity contribution in [2.24, 2.45) is 0 Å². The average Bonchev–Trinajstić information content (AvgIpc) is 3.76. The van der Waals surface area contributed by atoms with Crippen molar-refractivity contribution in [2.75, 3.05) is 0 Å². The highest BCUT2D eigenvalue weighted by molar-refractivity contribution is 6.89. The first-order chi connectivity index (χ1) is 29.0. The minimum absolute atomic E-state index is 1.02. The summed E-state index contributed by atoms with van der Waals surface area (Å²) in [5.74, 6) is 0. The molecule has 0 unspecified atom stereocenters. The first kappa shape index (κ1) is 37.1. The lowest BCUT2D eigenvalue weighted by atomic mass is 9.83. The smallest absolute Gasteiger partial charge is 0.0776 e. The molecule has 0 atom stereocenters. The predicted molar refractivity (Wildman–Crippen MR) is 264 cm³/mol. The monoisotopic (exact) mass is 808 g/mol. The number of hydrogen-bond donors (Lipinski definition) is 0. The second-order valence-corrected chi connectivity index (χ2v) is 29.5. The maximum Gasteiger partial charge on any atom is 0.0776 e. The zero-order chi connectivity index (χ0) is 40.9. The highest BCUT2D eigenvalue weighted by Crippen LogP contribution is 2.45. The van der Waals surface area contributed by atoms with E-state index >= 15 is 0 Å². The summed E-state index contributed by atoms with van der Waals surface area (Å²) in [6, 6.07) is 58.0. The molecule has 9 aromatic rings. The van der Waals surface area contributed by atoms with E-state index in [4.69, 9.17) is 0 Å². The summed E-state index contributed by atoms with van der Waals surface area (Å²) in [7, 11) is -2.89. The standard InChI is InChI=1S/C56H52N2Si2/c1-59(2,3)45-21-13-15-37(29-45)39-25-27-53-49(31-39)51-33-41-23-24-42-34-52-50-32-40(38-16-14-22-46(30-38)60(4,5)6)26-28-54(50)58(44-19-11-8-12-20-44)56(52)36-48(42)47(41)35-55(51)57(53)43-17-9-7-10-18-43/h7-22,25,27,29-36H,23-24,26,28H2,1-6H3. The van der Waals surface area contributed by atoms with Crippen molar-refractivity contribution in [1.29, 1.82) is 0 Å². The van der Waals surface area contributed by atoms with E-state index in [0.717, 1.165) is 25.7 Å². The lowest BCUT2D eigenvalue weighted by molar-refractivity contribution is 0.898. The quantitative estimate of drug-likeness (QED) is 0.148. The first-order valence-corrected chi connectivity index (χ1v) is 28.8. The van der Waals surface area contributed by atoms with Crippen molar-refractivity contribution in [2.45, 2.75) is 65.0 Å². The van der Waals surface area contributed by atoms with Crippen LogP contribution in [-0.4, -0.2) is 25.3 Å². The normalized spacial score (nSPS) is 14.0. The van der Waals surface area contributed by atoms with Crippen LogP contribution < -0.4 is 10.4 Å². The number of fused-ring (bicyclic) bond motifs is 9. The van der Waals surface area contributed by atoms with Gasteiger partial charge in [-0.05, 0) is 137 Å². The molecule has 0 N–H and O–H groups in total. The number of allylic oxidation sites excluding steroid dienone is 1. The number of para-hydroxylation sites is 2. The van der Waals surface area contributed by atoms with Crippen LogP contribution in [0.1, 0.15) is 34.4 Å². The molecular formula is C56H52N2Si2. The van der Waals surface area contributed by atoms with E-state index in [1.54, 1.807) is 0 Å². The fourth-order valence-electron chi connectivity index (χ4n) is 10.1. The minimum atomic E-state index is -1.46. The third kappa shape index (κ3) is 6.11. The number of rotatable bonds is 6. The molecule has 294 valence electrons. The second-order valence-electron chi connectivity index (χ2n) is 19.3. The number of aromatic nitrogens is 2. The van der Waals surface area contributed by atoms with Gasteiger partial charge in [-0.25, -0.2) is 0 Å². The maximum absolute atomic E-state index is 2.57. The molecule has 0 fully saturated rings. The van der Waals surface area contributed by atoms with Crippen LogP contribution in [0, 0.1) is 0 Å². The molecule has 2 aromatic heterocycles. The maximum atomic E-state index is 2.57. The second kappa shape index (κ2) is 13.8. The van der Waals surface area contributed by atoms with Crippen LogP contribution >= 0.6 is 0 Å². The summed E-state index contributed by atoms with van der Waals surface area (Å²) in [4.78, 5) is 0. The van der Waals surface area contributed by atoms with Crippen LogP contribution in [0.5, 0.6) is 0 Å². The van der Waals surface area contributed by atoms with Gasteiger partial charge in [0.25, 0.3) is 0 Å². The van der Waals surface area contributed by atoms with Gasteiger partial charge in [-0.3, -0.25) is 0 Å². The highest BCUT2D eigenvalue weighted by atomic mass is 28.3. The van der Waals surface area contributed by atoms with Gasteiger partial charge in [-0.1, -0.05) is 141 Å². The molecule has 2 heterocycles. The van der Waals surface area contributed by atoms with E-state index in [2.05, 4.69) is 206 Å². The Morgan fingerprint density at radius 3 is 1.57 bits per heavy atom. The van der Waals surface area contributed by atoms with Crippen molar-refractivity contribution in [1.82, 2.24) is 9.13 Å². The molecule has 2 aliphatic carbocycles. The summed E-state index contributed by atoms with van der Waals surface area (Å²) in [6.07, 6.45) is 6.67. The van der Waals surface area contributed by atoms with Gasteiger partial charge in [-0.15, -0.1) is 0 Å². The molecule has 60 heavy (non-hydrogen) atoms. The van der Waals surface area contributed by atoms with Gasteiger partial charge in [0.15, 0.2) is 0 Å². The van der Waals surface area contributed by atoms with Crippen LogP contribution in [0.15, 0.2) is 152 Å². The molecular weight excluding hydrogens is 757 g/mol. The van der Waals surface area contributed by atoms with Gasteiger partial charge >= 0.3 is 0 Å². The van der Waals surface area contributed by atoms with Gasteiger partial charge in [-0.2, -0.15) is 0 Å². The number of benzene rings is 7. The van der Waals surface area contributed by atoms with Crippen molar-refractivity contribution in [3.63, 3.8) is 0 Å². The van der Waals surface area contributed by atoms with E-state index in [1.807, 2.05) is 0 Å². The summed E-state index contributed by atoms with van der Waals surface area (Å²) in [5.41, 5.74) is 20.2. The Morgan fingerprint density at radius 1 is 0.400 bits per heavy atom. The van der Waals surface area contributed by atoms with Crippen molar-refractivity contribution >= 4 is 70.9 Å². The highest BCUT2D eigenvalue weighted by Gasteiger charge is 2.27. The number of hydrogen-bond acceptors (Lipinski definition) is 0. The van der Waals surface area contributed by atoms with Crippen molar-refractivity contribution < 1.29 is 0 Å². The fraction of sp³-hybridized carbons (Fsp3) is 0.179. The molecule has 0 amide bonds. The van der Waals surface area contributed by atoms with E-state index in [9.17, 15) is 0 Å². The lowest BCUT2D eigenvalue weighted by Crippen LogP contribution is -2.37. The third-order valence-electron chi connectivity index (χ3n) is 13.4. The Kier molecular flexibility index (Phi) is 8.53. The van der Waals surface area contributed by atoms with Gasteiger partial charge in [0.2, 0.25) is 0 Å². The van der Waals surface area contributed by atoms with E-state index in [1.165, 1.54) is 110 Å². The molecule has 0 aliphatic heterocycles. The summed E-state index contributed by atoms with van der Waals surface area (Å²) in [5, 5.41) is 7.05. The Bertz CT molecular complexity index is 3200. The Morgan fingerprint density at radius 2 is 0.933 bits per heavy atom. The molecule has 11 rings (SSSR count). The van der Waals surface area contributed by atoms with Crippen molar-refractivity contribution in [3.8, 4) is 33.6 Å². The fourth-order valence-corrected chi connectivity index (χ4v) is 12.5. The molecule has 2 nitrogen and oxygen atoms in total. The third-order valence-corrected chi connectivity index (χ3v) is 17.5. The van der Waals surface area contributed by atoms with Crippen LogP contribution in [0.4, 0.5) is 0 Å². The van der Waals surface area contributed by atoms with Crippen LogP contribution in [0.3, 0.4) is 0 Å². The van der Waals surface area contributed by atoms with Crippen LogP contribution in [-0.2, 0) is 19.3 Å². The molecule has 0 spiro atoms. The number of aryl methyl sites for hydroxylation is 2. The Labute approximate surface area is 356 Å². The molecule has 7 aromatic carbocycles. The Balaban J connectivity index is 1.12. The predicted octanol–water partition coefficient (Wildman–Crippen LogP) is 13.7. The average molecular weight is 809 g/mol. The largest absolute Gasteiger partial charge is 0.313 e. The zero-order valence-electron chi connectivity index (χ0n) is 35.7. The summed E-state index contributed by atoms with van der Waals surface area (Å²) < 4.78 is 5.07. The molecule has 0 radical (unpaired) electrons. The van der Waals surface area contributed by atoms with Gasteiger partial charge < -0.3 is 9.13 Å². The molecule has 0 saturated carbocycles. The summed E-state index contributed by atoms with van der Waals surface area (Å²) in [6.45, 7) is 14.7. The molecule has 0 saturated heterocycles. The SMILES string of the molecule is C[Si](C)(C)c1cccc(C2=Cc3c(n(-c4ccccc4)c4cc5c(cc34)CCc3cc4c6cc(-c7cccc([Si](C)(C)C)c7)ccc6n(-c6ccccc6)c4cc3-5)CC2)c1. The van der Waals surface area contributed by atoms with Crippen LogP contribution in [0.25, 0.3) is 78.0 Å². The van der Waals surface area contributed by atoms with Crippen molar-refractivity contribution in [3.05, 3.63) is 180 Å². The number of nitrogens with zero attached hydrogens (tertiary/aromatic N) is 2. The van der Waals surface area contributed by atoms with E-state index in [-0.39, 0.29) is 0 Å². The van der Waals surface area contributed by atoms with Crippen LogP contribution in [0.2, 0.25) is 39.3 Å². The van der Waals surface area contributed by atoms with Gasteiger partial charge in [0.05, 0.1) is 32.7 Å². The minimum Gasteiger partial charge on any atom is -0.313 e. The van der Waals surface area contributed by atoms with E-state index in [0.29, 0.717) is 0 Å². The zero-order valence-corrected chi connectivity index (χ0v) is 37.7. The molecule has 2 aliphatic rings. The topological polar surface area (TPSA) is 9.86 Å². The first-order valence-electron chi connectivity index (χ1n) is 21.8. The van der Waals surface area contributed by atoms with E-state index < -0.39 is 16.1 Å².